The van der Waals surface area contributed by atoms with Crippen LogP contribution >= 0.6 is 0 Å². The summed E-state index contributed by atoms with van der Waals surface area (Å²) in [6.45, 7) is 3.46. The lowest BCUT2D eigenvalue weighted by Crippen LogP contribution is -2.48. The van der Waals surface area contributed by atoms with Gasteiger partial charge in [0.1, 0.15) is 0 Å². The first-order valence-corrected chi connectivity index (χ1v) is 6.82. The predicted molar refractivity (Wildman–Crippen MR) is 71.4 cm³/mol. The first-order valence-electron chi connectivity index (χ1n) is 6.82. The fourth-order valence-corrected chi connectivity index (χ4v) is 2.90. The van der Waals surface area contributed by atoms with Gasteiger partial charge >= 0.3 is 5.97 Å². The van der Waals surface area contributed by atoms with E-state index in [1.54, 1.807) is 13.8 Å². The molecule has 21 heavy (non-hydrogen) atoms. The van der Waals surface area contributed by atoms with Gasteiger partial charge < -0.3 is 10.0 Å². The summed E-state index contributed by atoms with van der Waals surface area (Å²) < 4.78 is 27.5. The third-order valence-corrected chi connectivity index (χ3v) is 3.81. The molecular weight excluding hydrogens is 280 g/mol. The minimum atomic E-state index is -1.11. The number of hydrogen-bond acceptors (Lipinski definition) is 2. The zero-order valence-corrected chi connectivity index (χ0v) is 11.8. The SMILES string of the molecule is CC(C)N1C(=O)CCC(C(=O)O)C1c1cccc(F)c1F. The van der Waals surface area contributed by atoms with Gasteiger partial charge in [0.2, 0.25) is 5.91 Å². The lowest BCUT2D eigenvalue weighted by Gasteiger charge is -2.42. The van der Waals surface area contributed by atoms with Crippen LogP contribution in [0.15, 0.2) is 18.2 Å². The Balaban J connectivity index is 2.57. The Labute approximate surface area is 121 Å². The van der Waals surface area contributed by atoms with Gasteiger partial charge in [0, 0.05) is 18.0 Å². The number of carboxylic acid groups (broad SMARTS) is 1. The maximum Gasteiger partial charge on any atom is 0.308 e. The Morgan fingerprint density at radius 1 is 1.38 bits per heavy atom. The first kappa shape index (κ1) is 15.4. The van der Waals surface area contributed by atoms with Crippen molar-refractivity contribution >= 4 is 11.9 Å². The van der Waals surface area contributed by atoms with Crippen molar-refractivity contribution in [2.75, 3.05) is 0 Å². The van der Waals surface area contributed by atoms with Crippen LogP contribution in [0, 0.1) is 17.6 Å². The van der Waals surface area contributed by atoms with E-state index in [9.17, 15) is 23.5 Å². The molecule has 0 radical (unpaired) electrons. The molecule has 1 fully saturated rings. The van der Waals surface area contributed by atoms with Crippen molar-refractivity contribution in [2.45, 2.75) is 38.8 Å². The van der Waals surface area contributed by atoms with Gasteiger partial charge in [0.15, 0.2) is 11.6 Å². The molecule has 1 amide bonds. The zero-order chi connectivity index (χ0) is 15.7. The van der Waals surface area contributed by atoms with Crippen molar-refractivity contribution in [1.82, 2.24) is 4.90 Å². The van der Waals surface area contributed by atoms with Gasteiger partial charge in [-0.05, 0) is 26.3 Å². The van der Waals surface area contributed by atoms with Crippen LogP contribution in [0.4, 0.5) is 8.78 Å². The number of likely N-dealkylation sites (tertiary alicyclic amines) is 1. The Hall–Kier alpha value is -1.98. The number of halogens is 2. The van der Waals surface area contributed by atoms with Crippen LogP contribution in [0.3, 0.4) is 0 Å². The Kier molecular flexibility index (Phi) is 4.25. The van der Waals surface area contributed by atoms with Crippen LogP contribution in [-0.2, 0) is 9.59 Å². The number of piperidine rings is 1. The zero-order valence-electron chi connectivity index (χ0n) is 11.8. The topological polar surface area (TPSA) is 57.6 Å². The molecule has 2 rings (SSSR count). The van der Waals surface area contributed by atoms with Crippen LogP contribution in [0.5, 0.6) is 0 Å². The molecule has 6 heteroatoms. The summed E-state index contributed by atoms with van der Waals surface area (Å²) in [5, 5.41) is 9.36. The molecule has 0 aliphatic carbocycles. The lowest BCUT2D eigenvalue weighted by atomic mass is 9.83. The third-order valence-electron chi connectivity index (χ3n) is 3.81. The molecule has 0 aromatic heterocycles. The van der Waals surface area contributed by atoms with E-state index in [0.717, 1.165) is 6.07 Å². The fraction of sp³-hybridized carbons (Fsp3) is 0.467. The molecule has 1 aromatic carbocycles. The molecule has 1 aromatic rings. The van der Waals surface area contributed by atoms with Crippen molar-refractivity contribution < 1.29 is 23.5 Å². The Morgan fingerprint density at radius 2 is 2.05 bits per heavy atom. The van der Waals surface area contributed by atoms with E-state index < -0.39 is 29.6 Å². The average molecular weight is 297 g/mol. The van der Waals surface area contributed by atoms with Crippen molar-refractivity contribution in [3.63, 3.8) is 0 Å². The van der Waals surface area contributed by atoms with Crippen LogP contribution in [0.2, 0.25) is 0 Å². The van der Waals surface area contributed by atoms with Gasteiger partial charge in [-0.25, -0.2) is 8.78 Å². The maximum atomic E-state index is 14.1. The molecule has 4 nitrogen and oxygen atoms in total. The minimum absolute atomic E-state index is 0.0795. The second-order valence-electron chi connectivity index (χ2n) is 5.47. The average Bonchev–Trinajstić information content (AvgIpc) is 2.40. The number of amides is 1. The highest BCUT2D eigenvalue weighted by atomic mass is 19.2. The minimum Gasteiger partial charge on any atom is -0.481 e. The molecule has 1 saturated heterocycles. The van der Waals surface area contributed by atoms with E-state index >= 15 is 0 Å². The van der Waals surface area contributed by atoms with Crippen molar-refractivity contribution in [3.05, 3.63) is 35.4 Å². The van der Waals surface area contributed by atoms with Crippen molar-refractivity contribution in [1.29, 1.82) is 0 Å². The van der Waals surface area contributed by atoms with Gasteiger partial charge in [0.25, 0.3) is 0 Å². The highest BCUT2D eigenvalue weighted by Gasteiger charge is 2.43. The van der Waals surface area contributed by atoms with E-state index in [1.807, 2.05) is 0 Å². The molecule has 1 aliphatic heterocycles. The normalized spacial score (nSPS) is 22.7. The second-order valence-corrected chi connectivity index (χ2v) is 5.47. The summed E-state index contributed by atoms with van der Waals surface area (Å²) >= 11 is 0. The number of carbonyl (C=O) groups is 2. The molecule has 2 atom stereocenters. The van der Waals surface area contributed by atoms with Gasteiger partial charge in [0.05, 0.1) is 12.0 Å². The fourth-order valence-electron chi connectivity index (χ4n) is 2.90. The van der Waals surface area contributed by atoms with Gasteiger partial charge in [-0.3, -0.25) is 9.59 Å². The first-order chi connectivity index (χ1) is 9.84. The molecule has 1 aliphatic rings. The summed E-state index contributed by atoms with van der Waals surface area (Å²) in [4.78, 5) is 24.9. The number of benzene rings is 1. The van der Waals surface area contributed by atoms with Gasteiger partial charge in [-0.1, -0.05) is 12.1 Å². The van der Waals surface area contributed by atoms with Crippen LogP contribution in [-0.4, -0.2) is 27.9 Å². The predicted octanol–water partition coefficient (Wildman–Crippen LogP) is 2.74. The molecule has 2 unspecified atom stereocenters. The Morgan fingerprint density at radius 3 is 2.62 bits per heavy atom. The van der Waals surface area contributed by atoms with E-state index in [-0.39, 0.29) is 30.4 Å². The van der Waals surface area contributed by atoms with Crippen LogP contribution in [0.1, 0.15) is 38.3 Å². The molecule has 1 heterocycles. The summed E-state index contributed by atoms with van der Waals surface area (Å²) in [5.41, 5.74) is -0.0795. The lowest BCUT2D eigenvalue weighted by molar-refractivity contribution is -0.153. The Bertz CT molecular complexity index is 574. The maximum absolute atomic E-state index is 14.1. The summed E-state index contributed by atoms with van der Waals surface area (Å²) in [7, 11) is 0. The van der Waals surface area contributed by atoms with E-state index in [0.29, 0.717) is 0 Å². The van der Waals surface area contributed by atoms with Crippen molar-refractivity contribution in [2.24, 2.45) is 5.92 Å². The van der Waals surface area contributed by atoms with Gasteiger partial charge in [-0.15, -0.1) is 0 Å². The molecule has 1 N–H and O–H groups in total. The standard InChI is InChI=1S/C15H17F2NO3/c1-8(2)18-12(19)7-6-10(15(20)21)14(18)9-4-3-5-11(16)13(9)17/h3-5,8,10,14H,6-7H2,1-2H3,(H,20,21). The van der Waals surface area contributed by atoms with Crippen molar-refractivity contribution in [3.8, 4) is 0 Å². The summed E-state index contributed by atoms with van der Waals surface area (Å²) in [5.74, 6) is -4.42. The largest absolute Gasteiger partial charge is 0.481 e. The number of carboxylic acids is 1. The molecule has 0 bridgehead atoms. The number of rotatable bonds is 3. The smallest absolute Gasteiger partial charge is 0.308 e. The van der Waals surface area contributed by atoms with E-state index in [4.69, 9.17) is 0 Å². The number of nitrogens with zero attached hydrogens (tertiary/aromatic N) is 1. The number of hydrogen-bond donors (Lipinski definition) is 1. The second kappa shape index (κ2) is 5.79. The van der Waals surface area contributed by atoms with Crippen LogP contribution in [0.25, 0.3) is 0 Å². The van der Waals surface area contributed by atoms with Crippen LogP contribution < -0.4 is 0 Å². The molecule has 114 valence electrons. The van der Waals surface area contributed by atoms with Gasteiger partial charge in [-0.2, -0.15) is 0 Å². The quantitative estimate of drug-likeness (QED) is 0.933. The highest BCUT2D eigenvalue weighted by molar-refractivity contribution is 5.82. The molecule has 0 spiro atoms. The highest BCUT2D eigenvalue weighted by Crippen LogP contribution is 2.39. The molecule has 0 saturated carbocycles. The number of aliphatic carboxylic acids is 1. The third kappa shape index (κ3) is 2.75. The summed E-state index contributed by atoms with van der Waals surface area (Å²) in [6.07, 6.45) is 0.223. The number of carbonyl (C=O) groups excluding carboxylic acids is 1. The van der Waals surface area contributed by atoms with E-state index in [1.165, 1.54) is 17.0 Å². The summed E-state index contributed by atoms with van der Waals surface area (Å²) in [6, 6.07) is 2.35. The monoisotopic (exact) mass is 297 g/mol. The molecular formula is C15H17F2NO3. The van der Waals surface area contributed by atoms with E-state index in [2.05, 4.69) is 0 Å².